The summed E-state index contributed by atoms with van der Waals surface area (Å²) in [5.41, 5.74) is 5.65. The van der Waals surface area contributed by atoms with Crippen LogP contribution in [0.5, 0.6) is 0 Å². The van der Waals surface area contributed by atoms with Gasteiger partial charge in [0.25, 0.3) is 0 Å². The Balaban J connectivity index is 2.01. The fraction of sp³-hybridized carbons (Fsp3) is 0.467. The molecule has 0 saturated carbocycles. The van der Waals surface area contributed by atoms with Crippen molar-refractivity contribution >= 4 is 27.5 Å². The molecule has 1 saturated heterocycles. The molecule has 0 aliphatic carbocycles. The van der Waals surface area contributed by atoms with Crippen LogP contribution in [0.4, 0.5) is 5.69 Å². The van der Waals surface area contributed by atoms with Crippen molar-refractivity contribution in [3.05, 3.63) is 24.3 Å². The van der Waals surface area contributed by atoms with E-state index in [1.165, 1.54) is 17.0 Å². The first-order valence-electron chi connectivity index (χ1n) is 7.80. The summed E-state index contributed by atoms with van der Waals surface area (Å²) in [7, 11) is -3.66. The summed E-state index contributed by atoms with van der Waals surface area (Å²) in [6.07, 6.45) is 2.21. The second-order valence-electron chi connectivity index (χ2n) is 5.53. The fourth-order valence-electron chi connectivity index (χ4n) is 2.42. The van der Waals surface area contributed by atoms with Gasteiger partial charge >= 0.3 is 0 Å². The van der Waals surface area contributed by atoms with Gasteiger partial charge in [0.1, 0.15) is 0 Å². The summed E-state index contributed by atoms with van der Waals surface area (Å²) in [5.74, 6) is -0.381. The number of nitrogens with one attached hydrogen (secondary N) is 2. The summed E-state index contributed by atoms with van der Waals surface area (Å²) in [6.45, 7) is 0.875. The molecule has 0 atom stereocenters. The lowest BCUT2D eigenvalue weighted by Gasteiger charge is -2.26. The van der Waals surface area contributed by atoms with Crippen LogP contribution in [0.25, 0.3) is 0 Å². The van der Waals surface area contributed by atoms with Crippen LogP contribution < -0.4 is 15.8 Å². The Labute approximate surface area is 141 Å². The maximum absolute atomic E-state index is 12.1. The normalized spacial score (nSPS) is 15.4. The molecule has 132 valence electrons. The standard InChI is InChI=1S/C15H22N4O4S/c16-7-8-17-24(22,23)13-5-3-4-12(10-13)18-14(20)11-19-9-2-1-6-15(19)21/h3-5,10,17H,1-2,6-9,11,16H2,(H,18,20). The number of rotatable bonds is 7. The van der Waals surface area contributed by atoms with E-state index in [0.717, 1.165) is 12.8 Å². The molecule has 1 heterocycles. The number of likely N-dealkylation sites (tertiary alicyclic amines) is 1. The van der Waals surface area contributed by atoms with Gasteiger partial charge in [-0.05, 0) is 31.0 Å². The van der Waals surface area contributed by atoms with Crippen molar-refractivity contribution in [2.75, 3.05) is 31.5 Å². The summed E-state index contributed by atoms with van der Waals surface area (Å²) in [6, 6.07) is 5.94. The minimum Gasteiger partial charge on any atom is -0.333 e. The van der Waals surface area contributed by atoms with Crippen LogP contribution in [-0.2, 0) is 19.6 Å². The van der Waals surface area contributed by atoms with Crippen molar-refractivity contribution in [3.8, 4) is 0 Å². The number of anilines is 1. The Bertz CT molecular complexity index is 705. The molecule has 0 spiro atoms. The smallest absolute Gasteiger partial charge is 0.243 e. The number of amides is 2. The number of piperidine rings is 1. The lowest BCUT2D eigenvalue weighted by molar-refractivity contribution is -0.136. The highest BCUT2D eigenvalue weighted by Gasteiger charge is 2.20. The van der Waals surface area contributed by atoms with E-state index >= 15 is 0 Å². The van der Waals surface area contributed by atoms with Gasteiger partial charge in [0.15, 0.2) is 0 Å². The Morgan fingerprint density at radius 3 is 2.79 bits per heavy atom. The van der Waals surface area contributed by atoms with Gasteiger partial charge < -0.3 is 16.0 Å². The van der Waals surface area contributed by atoms with Crippen LogP contribution in [0.1, 0.15) is 19.3 Å². The minimum atomic E-state index is -3.66. The SMILES string of the molecule is NCCNS(=O)(=O)c1cccc(NC(=O)CN2CCCCC2=O)c1. The Morgan fingerprint density at radius 1 is 1.29 bits per heavy atom. The molecular formula is C15H22N4O4S. The van der Waals surface area contributed by atoms with Gasteiger partial charge in [0, 0.05) is 31.7 Å². The average molecular weight is 354 g/mol. The van der Waals surface area contributed by atoms with E-state index in [-0.39, 0.29) is 36.3 Å². The summed E-state index contributed by atoms with van der Waals surface area (Å²) in [4.78, 5) is 25.3. The molecule has 8 nitrogen and oxygen atoms in total. The highest BCUT2D eigenvalue weighted by molar-refractivity contribution is 7.89. The summed E-state index contributed by atoms with van der Waals surface area (Å²) >= 11 is 0. The van der Waals surface area contributed by atoms with Crippen LogP contribution >= 0.6 is 0 Å². The van der Waals surface area contributed by atoms with Gasteiger partial charge in [-0.2, -0.15) is 0 Å². The predicted octanol–water partition coefficient (Wildman–Crippen LogP) is -0.125. The van der Waals surface area contributed by atoms with Crippen molar-refractivity contribution in [2.45, 2.75) is 24.2 Å². The van der Waals surface area contributed by atoms with Gasteiger partial charge in [-0.25, -0.2) is 13.1 Å². The van der Waals surface area contributed by atoms with Crippen LogP contribution in [0.15, 0.2) is 29.2 Å². The average Bonchev–Trinajstić information content (AvgIpc) is 2.55. The Morgan fingerprint density at radius 2 is 2.08 bits per heavy atom. The number of benzene rings is 1. The third kappa shape index (κ3) is 5.02. The molecule has 2 amide bonds. The molecule has 0 bridgehead atoms. The maximum atomic E-state index is 12.1. The lowest BCUT2D eigenvalue weighted by Crippen LogP contribution is -2.40. The quantitative estimate of drug-likeness (QED) is 0.630. The number of hydrogen-bond donors (Lipinski definition) is 3. The second-order valence-corrected chi connectivity index (χ2v) is 7.30. The van der Waals surface area contributed by atoms with E-state index in [1.54, 1.807) is 12.1 Å². The zero-order valence-corrected chi connectivity index (χ0v) is 14.1. The van der Waals surface area contributed by atoms with Crippen LogP contribution in [0.2, 0.25) is 0 Å². The second kappa shape index (κ2) is 8.22. The van der Waals surface area contributed by atoms with Crippen LogP contribution in [0, 0.1) is 0 Å². The minimum absolute atomic E-state index is 0.0266. The molecular weight excluding hydrogens is 332 g/mol. The third-order valence-corrected chi connectivity index (χ3v) is 5.08. The van der Waals surface area contributed by atoms with E-state index in [0.29, 0.717) is 18.7 Å². The monoisotopic (exact) mass is 354 g/mol. The molecule has 1 aromatic rings. The number of nitrogens with two attached hydrogens (primary N) is 1. The lowest BCUT2D eigenvalue weighted by atomic mass is 10.1. The van der Waals surface area contributed by atoms with Crippen molar-refractivity contribution in [2.24, 2.45) is 5.73 Å². The third-order valence-electron chi connectivity index (χ3n) is 3.62. The number of hydrogen-bond acceptors (Lipinski definition) is 5. The van der Waals surface area contributed by atoms with Gasteiger partial charge in [-0.3, -0.25) is 9.59 Å². The van der Waals surface area contributed by atoms with Crippen molar-refractivity contribution in [3.63, 3.8) is 0 Å². The highest BCUT2D eigenvalue weighted by Crippen LogP contribution is 2.16. The first-order valence-corrected chi connectivity index (χ1v) is 9.28. The molecule has 0 aromatic heterocycles. The van der Waals surface area contributed by atoms with Crippen LogP contribution in [0.3, 0.4) is 0 Å². The molecule has 0 unspecified atom stereocenters. The number of nitrogens with zero attached hydrogens (tertiary/aromatic N) is 1. The van der Waals surface area contributed by atoms with Crippen molar-refractivity contribution in [1.29, 1.82) is 0 Å². The molecule has 0 radical (unpaired) electrons. The molecule has 4 N–H and O–H groups in total. The first kappa shape index (κ1) is 18.4. The van der Waals surface area contributed by atoms with Crippen molar-refractivity contribution in [1.82, 2.24) is 9.62 Å². The maximum Gasteiger partial charge on any atom is 0.243 e. The molecule has 9 heteroatoms. The van der Waals surface area contributed by atoms with E-state index < -0.39 is 10.0 Å². The van der Waals surface area contributed by atoms with Gasteiger partial charge in [0.05, 0.1) is 11.4 Å². The summed E-state index contributed by atoms with van der Waals surface area (Å²) in [5, 5.41) is 2.63. The van der Waals surface area contributed by atoms with E-state index in [2.05, 4.69) is 10.0 Å². The first-order chi connectivity index (χ1) is 11.4. The van der Waals surface area contributed by atoms with Gasteiger partial charge in [0.2, 0.25) is 21.8 Å². The molecule has 1 fully saturated rings. The number of sulfonamides is 1. The van der Waals surface area contributed by atoms with E-state index in [4.69, 9.17) is 5.73 Å². The molecule has 1 aliphatic rings. The van der Waals surface area contributed by atoms with Gasteiger partial charge in [-0.15, -0.1) is 0 Å². The topological polar surface area (TPSA) is 122 Å². The predicted molar refractivity (Wildman–Crippen MR) is 89.7 cm³/mol. The summed E-state index contributed by atoms with van der Waals surface area (Å²) < 4.78 is 26.5. The Kier molecular flexibility index (Phi) is 6.29. The molecule has 1 aliphatic heterocycles. The van der Waals surface area contributed by atoms with Gasteiger partial charge in [-0.1, -0.05) is 6.07 Å². The zero-order valence-electron chi connectivity index (χ0n) is 13.3. The molecule has 2 rings (SSSR count). The fourth-order valence-corrected chi connectivity index (χ4v) is 3.51. The largest absolute Gasteiger partial charge is 0.333 e. The number of carbonyl (C=O) groups excluding carboxylic acids is 2. The highest BCUT2D eigenvalue weighted by atomic mass is 32.2. The van der Waals surface area contributed by atoms with Crippen LogP contribution in [-0.4, -0.2) is 51.3 Å². The van der Waals surface area contributed by atoms with Crippen molar-refractivity contribution < 1.29 is 18.0 Å². The Hall–Kier alpha value is -1.97. The molecule has 24 heavy (non-hydrogen) atoms. The number of carbonyl (C=O) groups is 2. The zero-order chi connectivity index (χ0) is 17.6. The van der Waals surface area contributed by atoms with E-state index in [9.17, 15) is 18.0 Å². The van der Waals surface area contributed by atoms with E-state index in [1.807, 2.05) is 0 Å². The molecule has 1 aromatic carbocycles.